The molecule has 1 aromatic carbocycles. The first-order chi connectivity index (χ1) is 11.1. The van der Waals surface area contributed by atoms with Gasteiger partial charge >= 0.3 is 6.18 Å². The van der Waals surface area contributed by atoms with E-state index in [-0.39, 0.29) is 14.3 Å². The van der Waals surface area contributed by atoms with E-state index in [0.717, 1.165) is 11.8 Å². The summed E-state index contributed by atoms with van der Waals surface area (Å²) in [4.78, 5) is 6.98. The number of thioether (sulfide) groups is 3. The van der Waals surface area contributed by atoms with E-state index < -0.39 is 34.0 Å². The smallest absolute Gasteiger partial charge is 0.288 e. The van der Waals surface area contributed by atoms with Crippen LogP contribution in [0.4, 0.5) is 22.0 Å². The van der Waals surface area contributed by atoms with Crippen LogP contribution >= 0.6 is 35.3 Å². The fourth-order valence-corrected chi connectivity index (χ4v) is 3.67. The minimum Gasteiger partial charge on any atom is -0.288 e. The molecule has 0 aliphatic heterocycles. The minimum absolute atomic E-state index is 0.0166. The van der Waals surface area contributed by atoms with E-state index in [1.165, 1.54) is 0 Å². The summed E-state index contributed by atoms with van der Waals surface area (Å²) in [6.07, 6.45) is -3.30. The number of alkyl halides is 3. The Morgan fingerprint density at radius 2 is 1.54 bits per heavy atom. The molecule has 12 heteroatoms. The lowest BCUT2D eigenvalue weighted by molar-refractivity contribution is -0.143. The second kappa shape index (κ2) is 7.23. The zero-order chi connectivity index (χ0) is 18.1. The first-order valence-corrected chi connectivity index (χ1v) is 8.78. The number of fused-ring (bicyclic) bond motifs is 1. The number of hydrogen-bond acceptors (Lipinski definition) is 7. The highest BCUT2D eigenvalue weighted by atomic mass is 32.2. The number of halogens is 5. The molecule has 1 heterocycles. The van der Waals surface area contributed by atoms with Crippen molar-refractivity contribution in [1.29, 1.82) is 10.8 Å². The summed E-state index contributed by atoms with van der Waals surface area (Å²) in [5.74, 6) is -2.59. The highest BCUT2D eigenvalue weighted by Crippen LogP contribution is 2.37. The lowest BCUT2D eigenvalue weighted by atomic mass is 10.2. The van der Waals surface area contributed by atoms with Gasteiger partial charge in [-0.3, -0.25) is 10.8 Å². The molecule has 0 amide bonds. The molecule has 24 heavy (non-hydrogen) atoms. The van der Waals surface area contributed by atoms with E-state index in [2.05, 4.69) is 9.97 Å². The predicted octanol–water partition coefficient (Wildman–Crippen LogP) is 4.98. The Labute approximate surface area is 145 Å². The monoisotopic (exact) mass is 398 g/mol. The predicted molar refractivity (Wildman–Crippen MR) is 86.9 cm³/mol. The lowest BCUT2D eigenvalue weighted by Gasteiger charge is -2.12. The van der Waals surface area contributed by atoms with E-state index in [9.17, 15) is 22.0 Å². The summed E-state index contributed by atoms with van der Waals surface area (Å²) in [5.41, 5.74) is -2.10. The molecule has 2 rings (SSSR count). The quantitative estimate of drug-likeness (QED) is 0.307. The summed E-state index contributed by atoms with van der Waals surface area (Å²) in [5, 5.41) is 14.4. The third-order valence-corrected chi connectivity index (χ3v) is 5.16. The van der Waals surface area contributed by atoms with Crippen LogP contribution in [0.3, 0.4) is 0 Å². The van der Waals surface area contributed by atoms with Crippen LogP contribution in [0.2, 0.25) is 0 Å². The average Bonchev–Trinajstić information content (AvgIpc) is 2.47. The van der Waals surface area contributed by atoms with Gasteiger partial charge in [-0.25, -0.2) is 18.7 Å². The van der Waals surface area contributed by atoms with Crippen molar-refractivity contribution in [3.05, 3.63) is 29.5 Å². The van der Waals surface area contributed by atoms with Crippen LogP contribution in [0.5, 0.6) is 0 Å². The van der Waals surface area contributed by atoms with Gasteiger partial charge in [-0.1, -0.05) is 0 Å². The number of hydrogen-bond donors (Lipinski definition) is 2. The van der Waals surface area contributed by atoms with Gasteiger partial charge in [0.1, 0.15) is 13.8 Å². The average molecular weight is 398 g/mol. The van der Waals surface area contributed by atoms with Crippen LogP contribution in [0.25, 0.3) is 11.0 Å². The van der Waals surface area contributed by atoms with Crippen LogP contribution in [0.15, 0.2) is 17.2 Å². The van der Waals surface area contributed by atoms with E-state index in [1.54, 1.807) is 6.26 Å². The summed E-state index contributed by atoms with van der Waals surface area (Å²) in [6.45, 7) is 0. The fourth-order valence-electron chi connectivity index (χ4n) is 1.53. The van der Waals surface area contributed by atoms with Crippen molar-refractivity contribution in [3.63, 3.8) is 0 Å². The number of benzene rings is 1. The zero-order valence-electron chi connectivity index (χ0n) is 11.7. The number of rotatable bonds is 1. The molecule has 128 valence electrons. The number of aromatic nitrogens is 2. The van der Waals surface area contributed by atoms with Crippen LogP contribution in [0, 0.1) is 22.5 Å². The van der Waals surface area contributed by atoms with Crippen molar-refractivity contribution in [2.24, 2.45) is 0 Å². The Bertz CT molecular complexity index is 824. The van der Waals surface area contributed by atoms with Gasteiger partial charge in [0.25, 0.3) is 0 Å². The molecular weight excluding hydrogens is 391 g/mol. The van der Waals surface area contributed by atoms with Gasteiger partial charge in [-0.05, 0) is 29.8 Å². The van der Waals surface area contributed by atoms with Gasteiger partial charge in [0.15, 0.2) is 17.3 Å². The van der Waals surface area contributed by atoms with Gasteiger partial charge in [-0.2, -0.15) is 13.2 Å². The van der Waals surface area contributed by atoms with Crippen molar-refractivity contribution in [1.82, 2.24) is 9.97 Å². The Balaban J connectivity index is 2.51. The highest BCUT2D eigenvalue weighted by Gasteiger charge is 2.37. The van der Waals surface area contributed by atoms with Crippen LogP contribution in [-0.4, -0.2) is 25.0 Å². The molecule has 0 saturated carbocycles. The second-order valence-corrected chi connectivity index (χ2v) is 7.47. The topological polar surface area (TPSA) is 73.5 Å². The van der Waals surface area contributed by atoms with Gasteiger partial charge in [0.05, 0.1) is 11.0 Å². The van der Waals surface area contributed by atoms with E-state index >= 15 is 0 Å². The Morgan fingerprint density at radius 1 is 1.00 bits per heavy atom. The molecule has 0 fully saturated rings. The van der Waals surface area contributed by atoms with E-state index in [1.807, 2.05) is 0 Å². The van der Waals surface area contributed by atoms with Gasteiger partial charge in [0, 0.05) is 12.1 Å². The molecule has 0 saturated heterocycles. The maximum Gasteiger partial charge on any atom is 0.436 e. The van der Waals surface area contributed by atoms with E-state index in [4.69, 9.17) is 10.8 Å². The second-order valence-electron chi connectivity index (χ2n) is 4.11. The highest BCUT2D eigenvalue weighted by molar-refractivity contribution is 8.53. The van der Waals surface area contributed by atoms with Gasteiger partial charge in [0.2, 0.25) is 0 Å². The first-order valence-electron chi connectivity index (χ1n) is 5.92. The normalized spacial score (nSPS) is 11.8. The summed E-state index contributed by atoms with van der Waals surface area (Å²) >= 11 is 2.02. The van der Waals surface area contributed by atoms with Gasteiger partial charge < -0.3 is 0 Å². The maximum atomic E-state index is 13.2. The summed E-state index contributed by atoms with van der Waals surface area (Å²) < 4.78 is 65.5. The molecule has 2 aromatic rings. The van der Waals surface area contributed by atoms with Crippen molar-refractivity contribution in [2.75, 3.05) is 6.26 Å². The summed E-state index contributed by atoms with van der Waals surface area (Å²) in [7, 11) is 0. The molecule has 1 aromatic heterocycles. The molecule has 4 nitrogen and oxygen atoms in total. The zero-order valence-corrected chi connectivity index (χ0v) is 14.1. The van der Waals surface area contributed by atoms with Crippen LogP contribution < -0.4 is 0 Å². The van der Waals surface area contributed by atoms with Crippen molar-refractivity contribution >= 4 is 55.1 Å². The number of nitrogens with zero attached hydrogens (tertiary/aromatic N) is 2. The van der Waals surface area contributed by atoms with Crippen molar-refractivity contribution in [2.45, 2.75) is 11.2 Å². The molecule has 0 bridgehead atoms. The molecule has 0 unspecified atom stereocenters. The molecular formula is C12H7F5N4S3. The lowest BCUT2D eigenvalue weighted by Crippen LogP contribution is -2.12. The fraction of sp³-hybridized carbons (Fsp3) is 0.167. The van der Waals surface area contributed by atoms with Crippen LogP contribution in [0.1, 0.15) is 5.69 Å². The number of nitrogens with one attached hydrogen (secondary N) is 2. The van der Waals surface area contributed by atoms with Gasteiger partial charge in [-0.15, -0.1) is 11.8 Å². The standard InChI is InChI=1S/C12H7F5N4S3/c1-22-10(18)24-11(19)23-9-8(12(15,16)17)20-6-2-4(13)5(14)3-7(6)21-9/h2-3,18-19H,1H3. The molecule has 0 aliphatic rings. The first kappa shape index (κ1) is 18.9. The summed E-state index contributed by atoms with van der Waals surface area (Å²) in [6, 6.07) is 1.17. The van der Waals surface area contributed by atoms with Crippen molar-refractivity contribution < 1.29 is 22.0 Å². The minimum atomic E-state index is -4.88. The maximum absolute atomic E-state index is 13.2. The molecule has 0 radical (unpaired) electrons. The Morgan fingerprint density at radius 3 is 2.04 bits per heavy atom. The molecule has 0 aliphatic carbocycles. The molecule has 0 spiro atoms. The van der Waals surface area contributed by atoms with E-state index in [0.29, 0.717) is 35.7 Å². The van der Waals surface area contributed by atoms with Crippen molar-refractivity contribution in [3.8, 4) is 0 Å². The molecule has 0 atom stereocenters. The Hall–Kier alpha value is -1.40. The third-order valence-electron chi connectivity index (χ3n) is 2.50. The Kier molecular flexibility index (Phi) is 5.71. The third kappa shape index (κ3) is 4.36. The molecule has 2 N–H and O–H groups in total. The van der Waals surface area contributed by atoms with Crippen LogP contribution in [-0.2, 0) is 6.18 Å². The SMILES string of the molecule is CSC(=N)SC(=N)Sc1nc2cc(F)c(F)cc2nc1C(F)(F)F. The largest absolute Gasteiger partial charge is 0.436 e.